The highest BCUT2D eigenvalue weighted by molar-refractivity contribution is 6.36. The fourth-order valence-electron chi connectivity index (χ4n) is 3.94. The Hall–Kier alpha value is -2.25. The second-order valence-corrected chi connectivity index (χ2v) is 7.84. The Morgan fingerprint density at radius 2 is 1.57 bits per heavy atom. The van der Waals surface area contributed by atoms with Crippen LogP contribution in [0.3, 0.4) is 0 Å². The van der Waals surface area contributed by atoms with E-state index in [1.807, 2.05) is 42.5 Å². The van der Waals surface area contributed by atoms with Crippen molar-refractivity contribution in [1.82, 2.24) is 5.01 Å². The standard InChI is InChI=1S/C23H21Cl2N3/c24-21-8-5-9-22(25)20(21)12-15-27-13-3-4-14-28(27)23-11-10-17(16-26)18-6-1-2-7-19(18)23/h1-2,5-11H,3-4,12-15H2. The molecule has 4 rings (SSSR count). The molecule has 0 atom stereocenters. The lowest BCUT2D eigenvalue weighted by Gasteiger charge is -2.41. The molecular weight excluding hydrogens is 389 g/mol. The van der Waals surface area contributed by atoms with E-state index in [1.165, 1.54) is 6.42 Å². The maximum absolute atomic E-state index is 9.45. The topological polar surface area (TPSA) is 30.3 Å². The van der Waals surface area contributed by atoms with Gasteiger partial charge in [0.2, 0.25) is 0 Å². The molecular formula is C23H21Cl2N3. The van der Waals surface area contributed by atoms with Gasteiger partial charge in [-0.05, 0) is 49.1 Å². The van der Waals surface area contributed by atoms with Crippen LogP contribution in [0, 0.1) is 11.3 Å². The van der Waals surface area contributed by atoms with Gasteiger partial charge < -0.3 is 5.01 Å². The summed E-state index contributed by atoms with van der Waals surface area (Å²) in [5.41, 5.74) is 2.87. The smallest absolute Gasteiger partial charge is 0.0998 e. The van der Waals surface area contributed by atoms with Crippen LogP contribution in [-0.4, -0.2) is 24.6 Å². The van der Waals surface area contributed by atoms with Crippen molar-refractivity contribution in [2.24, 2.45) is 0 Å². The predicted molar refractivity (Wildman–Crippen MR) is 117 cm³/mol. The minimum atomic E-state index is 0.714. The Morgan fingerprint density at radius 1 is 0.857 bits per heavy atom. The van der Waals surface area contributed by atoms with Crippen LogP contribution in [0.1, 0.15) is 24.0 Å². The minimum Gasteiger partial charge on any atom is -0.305 e. The molecule has 0 radical (unpaired) electrons. The van der Waals surface area contributed by atoms with Gasteiger partial charge in [-0.3, -0.25) is 0 Å². The third-order valence-corrected chi connectivity index (χ3v) is 6.07. The van der Waals surface area contributed by atoms with Crippen LogP contribution in [0.15, 0.2) is 54.6 Å². The minimum absolute atomic E-state index is 0.714. The average Bonchev–Trinajstić information content (AvgIpc) is 2.73. The maximum atomic E-state index is 9.45. The zero-order valence-corrected chi connectivity index (χ0v) is 17.0. The van der Waals surface area contributed by atoms with Crippen LogP contribution in [0.4, 0.5) is 5.69 Å². The number of hydrogen-bond acceptors (Lipinski definition) is 3. The van der Waals surface area contributed by atoms with Crippen LogP contribution in [0.2, 0.25) is 10.0 Å². The van der Waals surface area contributed by atoms with Gasteiger partial charge in [-0.15, -0.1) is 0 Å². The van der Waals surface area contributed by atoms with Crippen LogP contribution < -0.4 is 5.01 Å². The fraction of sp³-hybridized carbons (Fsp3) is 0.261. The number of rotatable bonds is 4. The van der Waals surface area contributed by atoms with Crippen molar-refractivity contribution in [2.45, 2.75) is 19.3 Å². The van der Waals surface area contributed by atoms with Gasteiger partial charge >= 0.3 is 0 Å². The van der Waals surface area contributed by atoms with Crippen molar-refractivity contribution in [3.8, 4) is 6.07 Å². The lowest BCUT2D eigenvalue weighted by molar-refractivity contribution is 0.215. The van der Waals surface area contributed by atoms with Crippen molar-refractivity contribution in [2.75, 3.05) is 24.6 Å². The molecule has 142 valence electrons. The number of halogens is 2. The number of fused-ring (bicyclic) bond motifs is 1. The summed E-state index contributed by atoms with van der Waals surface area (Å²) in [6.45, 7) is 2.81. The molecule has 5 heteroatoms. The summed E-state index contributed by atoms with van der Waals surface area (Å²) in [7, 11) is 0. The molecule has 1 aliphatic heterocycles. The van der Waals surface area contributed by atoms with Gasteiger partial charge in [-0.25, -0.2) is 5.01 Å². The molecule has 0 unspecified atom stereocenters. The van der Waals surface area contributed by atoms with Gasteiger partial charge in [-0.2, -0.15) is 5.26 Å². The molecule has 1 aliphatic rings. The highest BCUT2D eigenvalue weighted by atomic mass is 35.5. The van der Waals surface area contributed by atoms with Gasteiger partial charge in [0.15, 0.2) is 0 Å². The largest absolute Gasteiger partial charge is 0.305 e. The molecule has 0 aliphatic carbocycles. The Morgan fingerprint density at radius 3 is 2.32 bits per heavy atom. The summed E-state index contributed by atoms with van der Waals surface area (Å²) in [6.07, 6.45) is 3.11. The monoisotopic (exact) mass is 409 g/mol. The second-order valence-electron chi connectivity index (χ2n) is 7.02. The van der Waals surface area contributed by atoms with Crippen LogP contribution in [-0.2, 0) is 6.42 Å². The van der Waals surface area contributed by atoms with E-state index in [0.717, 1.165) is 64.5 Å². The highest BCUT2D eigenvalue weighted by Crippen LogP contribution is 2.32. The third-order valence-electron chi connectivity index (χ3n) is 5.36. The molecule has 3 nitrogen and oxygen atoms in total. The van der Waals surface area contributed by atoms with Crippen molar-refractivity contribution < 1.29 is 0 Å². The molecule has 0 saturated carbocycles. The van der Waals surface area contributed by atoms with Crippen molar-refractivity contribution in [3.63, 3.8) is 0 Å². The second kappa shape index (κ2) is 8.41. The Bertz CT molecular complexity index is 1020. The number of nitrogens with zero attached hydrogens (tertiary/aromatic N) is 3. The highest BCUT2D eigenvalue weighted by Gasteiger charge is 2.22. The molecule has 28 heavy (non-hydrogen) atoms. The van der Waals surface area contributed by atoms with E-state index in [1.54, 1.807) is 0 Å². The number of hydrazine groups is 1. The van der Waals surface area contributed by atoms with Crippen molar-refractivity contribution in [3.05, 3.63) is 75.8 Å². The van der Waals surface area contributed by atoms with E-state index in [-0.39, 0.29) is 0 Å². The van der Waals surface area contributed by atoms with Crippen molar-refractivity contribution in [1.29, 1.82) is 5.26 Å². The SMILES string of the molecule is N#Cc1ccc(N2CCCCN2CCc2c(Cl)cccc2Cl)c2ccccc12. The molecule has 0 bridgehead atoms. The Balaban J connectivity index is 1.65. The number of hydrogen-bond donors (Lipinski definition) is 0. The van der Waals surface area contributed by atoms with E-state index < -0.39 is 0 Å². The fourth-order valence-corrected chi connectivity index (χ4v) is 4.53. The molecule has 0 N–H and O–H groups in total. The van der Waals surface area contributed by atoms with Gasteiger partial charge in [0.05, 0.1) is 17.3 Å². The first-order valence-electron chi connectivity index (χ1n) is 9.56. The summed E-state index contributed by atoms with van der Waals surface area (Å²) >= 11 is 12.7. The van der Waals surface area contributed by atoms with Gasteiger partial charge in [0.1, 0.15) is 0 Å². The van der Waals surface area contributed by atoms with Crippen molar-refractivity contribution >= 4 is 39.7 Å². The maximum Gasteiger partial charge on any atom is 0.0998 e. The first-order chi connectivity index (χ1) is 13.7. The molecule has 0 aromatic heterocycles. The average molecular weight is 410 g/mol. The first-order valence-corrected chi connectivity index (χ1v) is 10.3. The Labute approximate surface area is 175 Å². The summed E-state index contributed by atoms with van der Waals surface area (Å²) < 4.78 is 0. The van der Waals surface area contributed by atoms with E-state index in [0.29, 0.717) is 5.56 Å². The molecule has 3 aromatic carbocycles. The predicted octanol–water partition coefficient (Wildman–Crippen LogP) is 6.08. The number of anilines is 1. The summed E-state index contributed by atoms with van der Waals surface area (Å²) in [6, 6.07) is 20.1. The normalized spacial score (nSPS) is 15.0. The summed E-state index contributed by atoms with van der Waals surface area (Å²) in [4.78, 5) is 0. The van der Waals surface area contributed by atoms with Crippen LogP contribution >= 0.6 is 23.2 Å². The van der Waals surface area contributed by atoms with Gasteiger partial charge in [-0.1, -0.05) is 53.5 Å². The first kappa shape index (κ1) is 19.1. The van der Waals surface area contributed by atoms with Gasteiger partial charge in [0.25, 0.3) is 0 Å². The third kappa shape index (κ3) is 3.69. The summed E-state index contributed by atoms with van der Waals surface area (Å²) in [5.74, 6) is 0. The van der Waals surface area contributed by atoms with Gasteiger partial charge in [0, 0.05) is 40.5 Å². The number of nitriles is 1. The van der Waals surface area contributed by atoms with Crippen LogP contribution in [0.25, 0.3) is 10.8 Å². The molecule has 1 saturated heterocycles. The molecule has 1 heterocycles. The molecule has 0 spiro atoms. The van der Waals surface area contributed by atoms with E-state index in [2.05, 4.69) is 28.2 Å². The molecule has 1 fully saturated rings. The zero-order chi connectivity index (χ0) is 19.5. The van der Waals surface area contributed by atoms with Crippen LogP contribution in [0.5, 0.6) is 0 Å². The Kier molecular flexibility index (Phi) is 5.73. The molecule has 0 amide bonds. The van der Waals surface area contributed by atoms with E-state index in [4.69, 9.17) is 23.2 Å². The molecule has 3 aromatic rings. The van der Waals surface area contributed by atoms with E-state index >= 15 is 0 Å². The summed E-state index contributed by atoms with van der Waals surface area (Å²) in [5, 5.41) is 17.8. The zero-order valence-electron chi connectivity index (χ0n) is 15.5. The quantitative estimate of drug-likeness (QED) is 0.522. The lowest BCUT2D eigenvalue weighted by Crippen LogP contribution is -2.48. The lowest BCUT2D eigenvalue weighted by atomic mass is 10.0. The van der Waals surface area contributed by atoms with E-state index in [9.17, 15) is 5.26 Å². The number of benzene rings is 3.